The van der Waals surface area contributed by atoms with E-state index in [1.165, 1.54) is 4.90 Å². The summed E-state index contributed by atoms with van der Waals surface area (Å²) in [6, 6.07) is 20.5. The summed E-state index contributed by atoms with van der Waals surface area (Å²) in [5.74, 6) is 0.401. The highest BCUT2D eigenvalue weighted by atomic mass is 35.5. The van der Waals surface area contributed by atoms with E-state index in [0.29, 0.717) is 52.1 Å². The molecule has 2 N–H and O–H groups in total. The Kier molecular flexibility index (Phi) is 10.5. The normalized spacial score (nSPS) is 24.0. The largest absolute Gasteiger partial charge is 0.489 e. The van der Waals surface area contributed by atoms with Crippen LogP contribution in [0.4, 0.5) is 11.4 Å². The molecule has 0 radical (unpaired) electrons. The fourth-order valence-corrected chi connectivity index (χ4v) is 11.0. The number of carbonyl (C=O) groups excluding carboxylic acids is 4. The summed E-state index contributed by atoms with van der Waals surface area (Å²) in [5, 5.41) is 16.1. The smallest absolute Gasteiger partial charge is 0.290 e. The highest BCUT2D eigenvalue weighted by Gasteiger charge is 2.64. The second kappa shape index (κ2) is 15.7. The SMILES string of the molecule is CC1(C)C(NC(=O)c2ccc(N3CCC(CN4CCN(c5ccc6c7c(oc6c5)C(=O)N(C5CCC(=O)NC5=O)C7)CC4)CC3)cc2)C(C)(C)C1Oc1ccc(C#N)c(Cl)c1. The lowest BCUT2D eigenvalue weighted by Gasteiger charge is -2.63. The van der Waals surface area contributed by atoms with Crippen molar-refractivity contribution in [3.05, 3.63) is 88.1 Å². The molecule has 3 aromatic carbocycles. The van der Waals surface area contributed by atoms with E-state index in [4.69, 9.17) is 20.8 Å². The van der Waals surface area contributed by atoms with E-state index >= 15 is 0 Å². The summed E-state index contributed by atoms with van der Waals surface area (Å²) < 4.78 is 12.5. The highest BCUT2D eigenvalue weighted by Crippen LogP contribution is 2.55. The van der Waals surface area contributed by atoms with Gasteiger partial charge in [0.05, 0.1) is 17.1 Å². The van der Waals surface area contributed by atoms with E-state index in [1.54, 1.807) is 18.2 Å². The van der Waals surface area contributed by atoms with E-state index in [-0.39, 0.29) is 47.1 Å². The number of imide groups is 1. The predicted molar refractivity (Wildman–Crippen MR) is 232 cm³/mol. The van der Waals surface area contributed by atoms with Crippen LogP contribution in [0.25, 0.3) is 11.0 Å². The maximum Gasteiger partial charge on any atom is 0.290 e. The van der Waals surface area contributed by atoms with Gasteiger partial charge in [-0.2, -0.15) is 5.26 Å². The van der Waals surface area contributed by atoms with E-state index in [1.807, 2.05) is 24.3 Å². The van der Waals surface area contributed by atoms with Crippen LogP contribution >= 0.6 is 11.6 Å². The third-order valence-electron chi connectivity index (χ3n) is 13.9. The van der Waals surface area contributed by atoms with E-state index < -0.39 is 11.9 Å². The van der Waals surface area contributed by atoms with Crippen molar-refractivity contribution in [2.45, 2.75) is 78.1 Å². The fraction of sp³-hybridized carbons (Fsp3) is 0.468. The van der Waals surface area contributed by atoms with Crippen molar-refractivity contribution in [3.63, 3.8) is 0 Å². The Morgan fingerprint density at radius 2 is 1.59 bits per heavy atom. The van der Waals surface area contributed by atoms with Gasteiger partial charge in [0.25, 0.3) is 11.8 Å². The number of halogens is 1. The van der Waals surface area contributed by atoms with Crippen LogP contribution in [-0.2, 0) is 16.1 Å². The lowest BCUT2D eigenvalue weighted by molar-refractivity contribution is -0.164. The molecule has 5 heterocycles. The number of furan rings is 1. The van der Waals surface area contributed by atoms with Crippen LogP contribution in [0.15, 0.2) is 65.1 Å². The molecule has 3 saturated heterocycles. The minimum Gasteiger partial charge on any atom is -0.489 e. The number of nitriles is 1. The lowest BCUT2D eigenvalue weighted by Crippen LogP contribution is -2.74. The number of amides is 4. The van der Waals surface area contributed by atoms with Crippen molar-refractivity contribution in [3.8, 4) is 11.8 Å². The number of ether oxygens (including phenoxy) is 1. The van der Waals surface area contributed by atoms with Crippen molar-refractivity contribution in [2.75, 3.05) is 55.6 Å². The van der Waals surface area contributed by atoms with E-state index in [0.717, 1.165) is 81.0 Å². The number of hydrogen-bond acceptors (Lipinski definition) is 10. The molecule has 9 rings (SSSR count). The van der Waals surface area contributed by atoms with Crippen LogP contribution in [0.1, 0.15) is 85.4 Å². The monoisotopic (exact) mass is 845 g/mol. The Balaban J connectivity index is 0.727. The zero-order chi connectivity index (χ0) is 42.8. The summed E-state index contributed by atoms with van der Waals surface area (Å²) in [5.41, 5.74) is 4.05. The van der Waals surface area contributed by atoms with Gasteiger partial charge in [-0.15, -0.1) is 0 Å². The summed E-state index contributed by atoms with van der Waals surface area (Å²) >= 11 is 6.26. The summed E-state index contributed by atoms with van der Waals surface area (Å²) in [4.78, 5) is 59.8. The van der Waals surface area contributed by atoms with Crippen LogP contribution in [0.2, 0.25) is 5.02 Å². The quantitative estimate of drug-likeness (QED) is 0.182. The van der Waals surface area contributed by atoms with Crippen molar-refractivity contribution in [2.24, 2.45) is 16.7 Å². The number of fused-ring (bicyclic) bond motifs is 3. The second-order valence-corrected chi connectivity index (χ2v) is 19.0. The van der Waals surface area contributed by atoms with Gasteiger partial charge in [-0.05, 0) is 73.7 Å². The Labute approximate surface area is 360 Å². The number of anilines is 2. The molecule has 1 unspecified atom stereocenters. The zero-order valence-electron chi connectivity index (χ0n) is 35.1. The lowest BCUT2D eigenvalue weighted by atomic mass is 9.49. The first-order valence-corrected chi connectivity index (χ1v) is 21.8. The average molecular weight is 846 g/mol. The number of nitrogens with one attached hydrogen (secondary N) is 2. The molecule has 318 valence electrons. The summed E-state index contributed by atoms with van der Waals surface area (Å²) in [6.07, 6.45) is 2.61. The molecule has 61 heavy (non-hydrogen) atoms. The van der Waals surface area contributed by atoms with Crippen LogP contribution < -0.4 is 25.2 Å². The maximum atomic E-state index is 13.5. The van der Waals surface area contributed by atoms with Gasteiger partial charge in [-0.1, -0.05) is 39.3 Å². The number of nitrogens with zero attached hydrogens (tertiary/aromatic N) is 5. The van der Waals surface area contributed by atoms with Gasteiger partial charge < -0.3 is 29.2 Å². The molecule has 4 amide bonds. The number of benzene rings is 3. The number of rotatable bonds is 9. The van der Waals surface area contributed by atoms with E-state index in [2.05, 4.69) is 77.3 Å². The van der Waals surface area contributed by atoms with Crippen LogP contribution in [0.5, 0.6) is 5.75 Å². The number of piperazine rings is 1. The molecule has 0 spiro atoms. The summed E-state index contributed by atoms with van der Waals surface area (Å²) in [7, 11) is 0. The standard InChI is InChI=1S/C47H52ClN7O6/c1-46(2)44(47(3,4)45(46)60-33-11-7-30(25-49)36(48)24-33)51-41(57)29-5-8-31(9-6-29)53-17-15-28(16-18-53)26-52-19-21-54(22-20-52)32-10-12-34-35-27-55(37-13-14-39(56)50-42(37)58)43(59)40(35)61-38(34)23-32/h5-12,23-24,28,37,44-45H,13-22,26-27H2,1-4H3,(H,51,57)(H,50,56,58). The van der Waals surface area contributed by atoms with Crippen LogP contribution in [-0.4, -0.2) is 97.4 Å². The second-order valence-electron chi connectivity index (χ2n) is 18.6. The van der Waals surface area contributed by atoms with E-state index in [9.17, 15) is 24.4 Å². The third kappa shape index (κ3) is 7.48. The summed E-state index contributed by atoms with van der Waals surface area (Å²) in [6.45, 7) is 15.5. The molecule has 4 aliphatic heterocycles. The van der Waals surface area contributed by atoms with Gasteiger partial charge in [0.15, 0.2) is 5.76 Å². The van der Waals surface area contributed by atoms with Crippen molar-refractivity contribution in [1.82, 2.24) is 20.4 Å². The highest BCUT2D eigenvalue weighted by molar-refractivity contribution is 6.31. The molecule has 1 aliphatic carbocycles. The first-order chi connectivity index (χ1) is 29.2. The van der Waals surface area contributed by atoms with Gasteiger partial charge in [-0.3, -0.25) is 29.4 Å². The molecule has 5 aliphatic rings. The molecular weight excluding hydrogens is 794 g/mol. The van der Waals surface area contributed by atoms with Crippen molar-refractivity contribution in [1.29, 1.82) is 5.26 Å². The molecule has 0 bridgehead atoms. The molecular formula is C47H52ClN7O6. The molecule has 1 saturated carbocycles. The van der Waals surface area contributed by atoms with Crippen LogP contribution in [0.3, 0.4) is 0 Å². The predicted octanol–water partition coefficient (Wildman–Crippen LogP) is 6.37. The molecule has 4 fully saturated rings. The Hall–Kier alpha value is -5.58. The topological polar surface area (TPSA) is 151 Å². The molecule has 13 nitrogen and oxygen atoms in total. The number of piperidine rings is 2. The van der Waals surface area contributed by atoms with Crippen molar-refractivity contribution >= 4 is 57.6 Å². The van der Waals surface area contributed by atoms with Gasteiger partial charge in [-0.25, -0.2) is 0 Å². The molecule has 4 aromatic rings. The van der Waals surface area contributed by atoms with Gasteiger partial charge in [0.1, 0.15) is 29.5 Å². The first-order valence-electron chi connectivity index (χ1n) is 21.4. The molecule has 14 heteroatoms. The number of carbonyl (C=O) groups is 4. The minimum atomic E-state index is -0.661. The average Bonchev–Trinajstić information content (AvgIpc) is 3.77. The van der Waals surface area contributed by atoms with Gasteiger partial charge in [0.2, 0.25) is 11.8 Å². The third-order valence-corrected chi connectivity index (χ3v) is 14.3. The van der Waals surface area contributed by atoms with Crippen molar-refractivity contribution < 1.29 is 28.3 Å². The molecule has 1 atom stereocenters. The molecule has 1 aromatic heterocycles. The Morgan fingerprint density at radius 1 is 0.902 bits per heavy atom. The first kappa shape index (κ1) is 40.8. The number of hydrogen-bond donors (Lipinski definition) is 2. The van der Waals surface area contributed by atoms with Crippen LogP contribution in [0, 0.1) is 28.1 Å². The minimum absolute atomic E-state index is 0.0993. The zero-order valence-corrected chi connectivity index (χ0v) is 35.9. The fourth-order valence-electron chi connectivity index (χ4n) is 10.8. The maximum absolute atomic E-state index is 13.5. The van der Waals surface area contributed by atoms with Gasteiger partial charge in [0, 0.05) is 109 Å². The van der Waals surface area contributed by atoms with Gasteiger partial charge >= 0.3 is 0 Å². The Bertz CT molecular complexity index is 2420. The Morgan fingerprint density at radius 3 is 2.26 bits per heavy atom.